The van der Waals surface area contributed by atoms with E-state index in [1.807, 2.05) is 11.8 Å². The maximum atomic E-state index is 12.8. The molecular weight excluding hydrogens is 256 g/mol. The standard InChI is InChI=1S/C15H24N2O3/c1-5-7-15(10-19-4)8-6-9-17(15)14(18)13-11(2)16-12(3)20-13/h5-10H2,1-4H3/t15-/m0/s1. The first-order valence-electron chi connectivity index (χ1n) is 7.29. The first-order chi connectivity index (χ1) is 9.54. The van der Waals surface area contributed by atoms with Gasteiger partial charge in [0.15, 0.2) is 5.89 Å². The number of nitrogens with zero attached hydrogens (tertiary/aromatic N) is 2. The van der Waals surface area contributed by atoms with E-state index in [4.69, 9.17) is 9.15 Å². The van der Waals surface area contributed by atoms with Gasteiger partial charge in [-0.1, -0.05) is 13.3 Å². The number of oxazole rings is 1. The quantitative estimate of drug-likeness (QED) is 0.832. The molecule has 0 spiro atoms. The Balaban J connectivity index is 2.29. The minimum atomic E-state index is -0.187. The molecule has 1 aromatic heterocycles. The van der Waals surface area contributed by atoms with Gasteiger partial charge in [-0.25, -0.2) is 4.98 Å². The SMILES string of the molecule is CCC[C@@]1(COC)CCCN1C(=O)c1oc(C)nc1C. The average Bonchev–Trinajstić information content (AvgIpc) is 2.93. The topological polar surface area (TPSA) is 55.6 Å². The Morgan fingerprint density at radius 1 is 1.50 bits per heavy atom. The number of carbonyl (C=O) groups is 1. The molecule has 1 aliphatic heterocycles. The minimum absolute atomic E-state index is 0.0499. The molecule has 20 heavy (non-hydrogen) atoms. The van der Waals surface area contributed by atoms with Crippen LogP contribution in [0.5, 0.6) is 0 Å². The van der Waals surface area contributed by atoms with Gasteiger partial charge >= 0.3 is 0 Å². The molecule has 0 bridgehead atoms. The lowest BCUT2D eigenvalue weighted by atomic mass is 9.91. The molecule has 0 saturated carbocycles. The van der Waals surface area contributed by atoms with E-state index in [1.54, 1.807) is 14.0 Å². The Hall–Kier alpha value is -1.36. The number of ether oxygens (including phenoxy) is 1. The second kappa shape index (κ2) is 5.95. The fourth-order valence-electron chi connectivity index (χ4n) is 3.32. The molecular formula is C15H24N2O3. The van der Waals surface area contributed by atoms with Crippen LogP contribution in [-0.2, 0) is 4.74 Å². The van der Waals surface area contributed by atoms with Crippen LogP contribution in [0.3, 0.4) is 0 Å². The molecule has 0 N–H and O–H groups in total. The van der Waals surface area contributed by atoms with E-state index in [9.17, 15) is 4.79 Å². The molecule has 1 amide bonds. The maximum absolute atomic E-state index is 12.8. The van der Waals surface area contributed by atoms with E-state index in [-0.39, 0.29) is 11.4 Å². The van der Waals surface area contributed by atoms with Crippen molar-refractivity contribution in [3.8, 4) is 0 Å². The minimum Gasteiger partial charge on any atom is -0.436 e. The van der Waals surface area contributed by atoms with E-state index >= 15 is 0 Å². The first kappa shape index (κ1) is 15.0. The van der Waals surface area contributed by atoms with Crippen molar-refractivity contribution < 1.29 is 13.9 Å². The average molecular weight is 280 g/mol. The third kappa shape index (κ3) is 2.59. The van der Waals surface area contributed by atoms with Gasteiger partial charge in [0.1, 0.15) is 0 Å². The summed E-state index contributed by atoms with van der Waals surface area (Å²) < 4.78 is 10.9. The summed E-state index contributed by atoms with van der Waals surface area (Å²) in [5, 5.41) is 0. The highest BCUT2D eigenvalue weighted by Gasteiger charge is 2.44. The van der Waals surface area contributed by atoms with Crippen LogP contribution >= 0.6 is 0 Å². The van der Waals surface area contributed by atoms with Gasteiger partial charge in [0.05, 0.1) is 17.8 Å². The number of hydrogen-bond donors (Lipinski definition) is 0. The Morgan fingerprint density at radius 3 is 2.80 bits per heavy atom. The summed E-state index contributed by atoms with van der Waals surface area (Å²) in [6.45, 7) is 7.07. The van der Waals surface area contributed by atoms with E-state index in [2.05, 4.69) is 11.9 Å². The molecule has 5 heteroatoms. The van der Waals surface area contributed by atoms with E-state index in [0.717, 1.165) is 32.2 Å². The molecule has 2 rings (SSSR count). The van der Waals surface area contributed by atoms with Gasteiger partial charge in [-0.2, -0.15) is 0 Å². The molecule has 0 unspecified atom stereocenters. The van der Waals surface area contributed by atoms with Crippen LogP contribution in [0.2, 0.25) is 0 Å². The van der Waals surface area contributed by atoms with Gasteiger partial charge in [0, 0.05) is 20.6 Å². The summed E-state index contributed by atoms with van der Waals surface area (Å²) in [5.74, 6) is 0.866. The van der Waals surface area contributed by atoms with Crippen LogP contribution in [0.4, 0.5) is 0 Å². The van der Waals surface area contributed by atoms with Crippen LogP contribution in [0.1, 0.15) is 54.7 Å². The number of methoxy groups -OCH3 is 1. The molecule has 2 heterocycles. The normalized spacial score (nSPS) is 22.5. The predicted molar refractivity (Wildman–Crippen MR) is 75.8 cm³/mol. The zero-order valence-electron chi connectivity index (χ0n) is 12.9. The van der Waals surface area contributed by atoms with E-state index in [1.165, 1.54) is 0 Å². The third-order valence-electron chi connectivity index (χ3n) is 4.07. The molecule has 0 radical (unpaired) electrons. The Kier molecular flexibility index (Phi) is 4.48. The fourth-order valence-corrected chi connectivity index (χ4v) is 3.32. The third-order valence-corrected chi connectivity index (χ3v) is 4.07. The van der Waals surface area contributed by atoms with Crippen molar-refractivity contribution in [2.45, 2.75) is 52.0 Å². The molecule has 1 atom stereocenters. The van der Waals surface area contributed by atoms with Gasteiger partial charge in [-0.3, -0.25) is 4.79 Å². The molecule has 1 fully saturated rings. The molecule has 1 aromatic rings. The van der Waals surface area contributed by atoms with Gasteiger partial charge < -0.3 is 14.1 Å². The second-order valence-electron chi connectivity index (χ2n) is 5.62. The molecule has 5 nitrogen and oxygen atoms in total. The van der Waals surface area contributed by atoms with Crippen LogP contribution in [0, 0.1) is 13.8 Å². The van der Waals surface area contributed by atoms with E-state index < -0.39 is 0 Å². The summed E-state index contributed by atoms with van der Waals surface area (Å²) in [6, 6.07) is 0. The smallest absolute Gasteiger partial charge is 0.292 e. The highest BCUT2D eigenvalue weighted by molar-refractivity contribution is 5.93. The molecule has 1 aliphatic rings. The van der Waals surface area contributed by atoms with Gasteiger partial charge in [-0.15, -0.1) is 0 Å². The number of carbonyl (C=O) groups excluding carboxylic acids is 1. The Morgan fingerprint density at radius 2 is 2.25 bits per heavy atom. The largest absolute Gasteiger partial charge is 0.436 e. The summed E-state index contributed by atoms with van der Waals surface area (Å²) in [6.07, 6.45) is 3.99. The monoisotopic (exact) mass is 280 g/mol. The summed E-state index contributed by atoms with van der Waals surface area (Å²) >= 11 is 0. The fraction of sp³-hybridized carbons (Fsp3) is 0.733. The first-order valence-corrected chi connectivity index (χ1v) is 7.29. The molecule has 1 saturated heterocycles. The number of rotatable bonds is 5. The van der Waals surface area contributed by atoms with Crippen molar-refractivity contribution in [3.05, 3.63) is 17.3 Å². The number of aromatic nitrogens is 1. The molecule has 0 aromatic carbocycles. The van der Waals surface area contributed by atoms with Crippen molar-refractivity contribution in [2.24, 2.45) is 0 Å². The van der Waals surface area contributed by atoms with E-state index in [0.29, 0.717) is 24.0 Å². The highest BCUT2D eigenvalue weighted by atomic mass is 16.5. The van der Waals surface area contributed by atoms with Gasteiger partial charge in [0.2, 0.25) is 5.76 Å². The maximum Gasteiger partial charge on any atom is 0.292 e. The summed E-state index contributed by atoms with van der Waals surface area (Å²) in [5.41, 5.74) is 0.482. The lowest BCUT2D eigenvalue weighted by Gasteiger charge is -2.37. The number of aryl methyl sites for hydroxylation is 2. The van der Waals surface area contributed by atoms with Crippen molar-refractivity contribution in [3.63, 3.8) is 0 Å². The number of hydrogen-bond acceptors (Lipinski definition) is 4. The van der Waals surface area contributed by atoms with Gasteiger partial charge in [-0.05, 0) is 26.2 Å². The van der Waals surface area contributed by atoms with Crippen molar-refractivity contribution in [1.82, 2.24) is 9.88 Å². The van der Waals surface area contributed by atoms with Crippen molar-refractivity contribution in [2.75, 3.05) is 20.3 Å². The molecule has 0 aliphatic carbocycles. The lowest BCUT2D eigenvalue weighted by molar-refractivity contribution is 0.0231. The van der Waals surface area contributed by atoms with Crippen LogP contribution in [0.25, 0.3) is 0 Å². The summed E-state index contributed by atoms with van der Waals surface area (Å²) in [7, 11) is 1.70. The predicted octanol–water partition coefficient (Wildman–Crippen LogP) is 2.71. The highest BCUT2D eigenvalue weighted by Crippen LogP contribution is 2.35. The van der Waals surface area contributed by atoms with Crippen LogP contribution in [-0.4, -0.2) is 41.6 Å². The molecule has 112 valence electrons. The summed E-state index contributed by atoms with van der Waals surface area (Å²) in [4.78, 5) is 18.9. The van der Waals surface area contributed by atoms with Gasteiger partial charge in [0.25, 0.3) is 5.91 Å². The number of amides is 1. The lowest BCUT2D eigenvalue weighted by Crippen LogP contribution is -2.50. The number of likely N-dealkylation sites (tertiary alicyclic amines) is 1. The van der Waals surface area contributed by atoms with Crippen LogP contribution in [0.15, 0.2) is 4.42 Å². The second-order valence-corrected chi connectivity index (χ2v) is 5.62. The zero-order chi connectivity index (χ0) is 14.8. The van der Waals surface area contributed by atoms with Crippen molar-refractivity contribution >= 4 is 5.91 Å². The van der Waals surface area contributed by atoms with Crippen LogP contribution < -0.4 is 0 Å². The zero-order valence-corrected chi connectivity index (χ0v) is 12.9. The van der Waals surface area contributed by atoms with Crippen molar-refractivity contribution in [1.29, 1.82) is 0 Å². The Bertz CT molecular complexity index is 475. The Labute approximate surface area is 120 Å².